The lowest BCUT2D eigenvalue weighted by Gasteiger charge is -2.27. The number of hydrogen-bond acceptors (Lipinski definition) is 2. The Morgan fingerprint density at radius 2 is 1.94 bits per heavy atom. The van der Waals surface area contributed by atoms with Gasteiger partial charge in [-0.2, -0.15) is 0 Å². The van der Waals surface area contributed by atoms with Gasteiger partial charge in [-0.15, -0.1) is 0 Å². The number of nitrogens with one attached hydrogen (secondary N) is 1. The summed E-state index contributed by atoms with van der Waals surface area (Å²) in [5.74, 6) is 1.47. The molecule has 2 saturated carbocycles. The molecule has 2 rings (SSSR count). The molecular weight excluding hydrogens is 224 g/mol. The van der Waals surface area contributed by atoms with E-state index in [4.69, 9.17) is 5.73 Å². The zero-order valence-corrected chi connectivity index (χ0v) is 11.7. The van der Waals surface area contributed by atoms with Crippen LogP contribution in [0.25, 0.3) is 0 Å². The van der Waals surface area contributed by atoms with E-state index in [0.29, 0.717) is 30.3 Å². The van der Waals surface area contributed by atoms with Crippen molar-refractivity contribution in [2.45, 2.75) is 76.8 Å². The van der Waals surface area contributed by atoms with Crippen molar-refractivity contribution in [2.75, 3.05) is 0 Å². The zero-order valence-electron chi connectivity index (χ0n) is 11.7. The van der Waals surface area contributed by atoms with Gasteiger partial charge < -0.3 is 11.1 Å². The Balaban J connectivity index is 1.70. The summed E-state index contributed by atoms with van der Waals surface area (Å²) in [6.45, 7) is 2.17. The summed E-state index contributed by atoms with van der Waals surface area (Å²) in [4.78, 5) is 12.0. The van der Waals surface area contributed by atoms with Crippen molar-refractivity contribution in [3.8, 4) is 0 Å². The summed E-state index contributed by atoms with van der Waals surface area (Å²) in [5, 5.41) is 3.20. The number of rotatable bonds is 4. The average Bonchev–Trinajstić information content (AvgIpc) is 2.81. The van der Waals surface area contributed by atoms with Crippen molar-refractivity contribution in [1.82, 2.24) is 5.32 Å². The predicted octanol–water partition coefficient (Wildman–Crippen LogP) is 2.59. The highest BCUT2D eigenvalue weighted by Gasteiger charge is 2.25. The van der Waals surface area contributed by atoms with Gasteiger partial charge in [0, 0.05) is 18.5 Å². The van der Waals surface area contributed by atoms with Crippen molar-refractivity contribution >= 4 is 5.91 Å². The van der Waals surface area contributed by atoms with Crippen LogP contribution in [0, 0.1) is 11.8 Å². The molecule has 3 heteroatoms. The second-order valence-electron chi connectivity index (χ2n) is 6.40. The van der Waals surface area contributed by atoms with Crippen LogP contribution in [0.5, 0.6) is 0 Å². The molecule has 3 nitrogen and oxygen atoms in total. The average molecular weight is 252 g/mol. The van der Waals surface area contributed by atoms with Gasteiger partial charge in [-0.25, -0.2) is 0 Å². The molecule has 2 aliphatic carbocycles. The molecule has 18 heavy (non-hydrogen) atoms. The van der Waals surface area contributed by atoms with Crippen LogP contribution in [0.15, 0.2) is 0 Å². The minimum Gasteiger partial charge on any atom is -0.353 e. The Hall–Kier alpha value is -0.570. The SMILES string of the molecule is CC(NC(=O)CC1CCCC(N)C1)C1CCCC1. The number of carbonyl (C=O) groups is 1. The summed E-state index contributed by atoms with van der Waals surface area (Å²) in [7, 11) is 0. The van der Waals surface area contributed by atoms with Crippen molar-refractivity contribution in [1.29, 1.82) is 0 Å². The highest BCUT2D eigenvalue weighted by Crippen LogP contribution is 2.28. The lowest BCUT2D eigenvalue weighted by atomic mass is 9.84. The molecule has 0 heterocycles. The number of amides is 1. The van der Waals surface area contributed by atoms with E-state index in [9.17, 15) is 4.79 Å². The van der Waals surface area contributed by atoms with E-state index >= 15 is 0 Å². The molecule has 0 aromatic rings. The Labute approximate surface area is 111 Å². The van der Waals surface area contributed by atoms with E-state index in [-0.39, 0.29) is 5.91 Å². The van der Waals surface area contributed by atoms with Gasteiger partial charge in [0.15, 0.2) is 0 Å². The highest BCUT2D eigenvalue weighted by atomic mass is 16.1. The van der Waals surface area contributed by atoms with Gasteiger partial charge >= 0.3 is 0 Å². The maximum absolute atomic E-state index is 12.0. The second-order valence-corrected chi connectivity index (χ2v) is 6.40. The zero-order chi connectivity index (χ0) is 13.0. The maximum atomic E-state index is 12.0. The highest BCUT2D eigenvalue weighted by molar-refractivity contribution is 5.76. The van der Waals surface area contributed by atoms with Crippen LogP contribution in [0.1, 0.15) is 64.7 Å². The standard InChI is InChI=1S/C15H28N2O/c1-11(13-6-2-3-7-13)17-15(18)10-12-5-4-8-14(16)9-12/h11-14H,2-10,16H2,1H3,(H,17,18). The Kier molecular flexibility index (Phi) is 5.04. The number of carbonyl (C=O) groups excluding carboxylic acids is 1. The molecule has 1 amide bonds. The molecule has 0 spiro atoms. The van der Waals surface area contributed by atoms with Crippen molar-refractivity contribution < 1.29 is 4.79 Å². The molecular formula is C15H28N2O. The van der Waals surface area contributed by atoms with Crippen LogP contribution in [-0.2, 0) is 4.79 Å². The molecule has 2 fully saturated rings. The van der Waals surface area contributed by atoms with Crippen molar-refractivity contribution in [2.24, 2.45) is 17.6 Å². The van der Waals surface area contributed by atoms with Gasteiger partial charge in [0.1, 0.15) is 0 Å². The van der Waals surface area contributed by atoms with Crippen LogP contribution < -0.4 is 11.1 Å². The summed E-state index contributed by atoms with van der Waals surface area (Å²) >= 11 is 0. The topological polar surface area (TPSA) is 55.1 Å². The molecule has 104 valence electrons. The molecule has 3 unspecified atom stereocenters. The first-order valence-electron chi connectivity index (χ1n) is 7.70. The van der Waals surface area contributed by atoms with Crippen LogP contribution in [0.2, 0.25) is 0 Å². The Morgan fingerprint density at radius 3 is 2.61 bits per heavy atom. The summed E-state index contributed by atoms with van der Waals surface area (Å²) in [6.07, 6.45) is 10.5. The van der Waals surface area contributed by atoms with E-state index in [0.717, 1.165) is 12.8 Å². The minimum atomic E-state index is 0.244. The normalized spacial score (nSPS) is 31.2. The summed E-state index contributed by atoms with van der Waals surface area (Å²) < 4.78 is 0. The van der Waals surface area contributed by atoms with Crippen LogP contribution >= 0.6 is 0 Å². The molecule has 0 radical (unpaired) electrons. The van der Waals surface area contributed by atoms with Crippen LogP contribution in [0.4, 0.5) is 0 Å². The first-order chi connectivity index (χ1) is 8.65. The lowest BCUT2D eigenvalue weighted by molar-refractivity contribution is -0.123. The van der Waals surface area contributed by atoms with Gasteiger partial charge in [0.25, 0.3) is 0 Å². The lowest BCUT2D eigenvalue weighted by Crippen LogP contribution is -2.39. The Morgan fingerprint density at radius 1 is 1.22 bits per heavy atom. The minimum absolute atomic E-state index is 0.244. The van der Waals surface area contributed by atoms with Gasteiger partial charge in [0.05, 0.1) is 0 Å². The fourth-order valence-electron chi connectivity index (χ4n) is 3.67. The summed E-state index contributed by atoms with van der Waals surface area (Å²) in [6, 6.07) is 0.682. The second kappa shape index (κ2) is 6.55. The third kappa shape index (κ3) is 3.98. The van der Waals surface area contributed by atoms with E-state index in [1.54, 1.807) is 0 Å². The van der Waals surface area contributed by atoms with E-state index in [1.165, 1.54) is 38.5 Å². The Bertz CT molecular complexity index is 268. The quantitative estimate of drug-likeness (QED) is 0.808. The van der Waals surface area contributed by atoms with E-state index in [1.807, 2.05) is 0 Å². The van der Waals surface area contributed by atoms with Gasteiger partial charge in [-0.3, -0.25) is 4.79 Å². The number of hydrogen-bond donors (Lipinski definition) is 2. The fraction of sp³-hybridized carbons (Fsp3) is 0.933. The van der Waals surface area contributed by atoms with Crippen molar-refractivity contribution in [3.63, 3.8) is 0 Å². The van der Waals surface area contributed by atoms with E-state index < -0.39 is 0 Å². The molecule has 3 atom stereocenters. The monoisotopic (exact) mass is 252 g/mol. The molecule has 0 bridgehead atoms. The third-order valence-electron chi connectivity index (χ3n) is 4.79. The molecule has 0 aliphatic heterocycles. The fourth-order valence-corrected chi connectivity index (χ4v) is 3.67. The van der Waals surface area contributed by atoms with E-state index in [2.05, 4.69) is 12.2 Å². The van der Waals surface area contributed by atoms with Gasteiger partial charge in [0.2, 0.25) is 5.91 Å². The van der Waals surface area contributed by atoms with Crippen LogP contribution in [0.3, 0.4) is 0 Å². The third-order valence-corrected chi connectivity index (χ3v) is 4.79. The molecule has 3 N–H and O–H groups in total. The molecule has 0 aromatic carbocycles. The largest absolute Gasteiger partial charge is 0.353 e. The first-order valence-corrected chi connectivity index (χ1v) is 7.70. The smallest absolute Gasteiger partial charge is 0.220 e. The molecule has 2 aliphatic rings. The first kappa shape index (κ1) is 13.9. The molecule has 0 saturated heterocycles. The van der Waals surface area contributed by atoms with Crippen molar-refractivity contribution in [3.05, 3.63) is 0 Å². The maximum Gasteiger partial charge on any atom is 0.220 e. The molecule has 0 aromatic heterocycles. The van der Waals surface area contributed by atoms with Gasteiger partial charge in [-0.05, 0) is 50.9 Å². The summed E-state index contributed by atoms with van der Waals surface area (Å²) in [5.41, 5.74) is 5.97. The van der Waals surface area contributed by atoms with Gasteiger partial charge in [-0.1, -0.05) is 19.3 Å². The van der Waals surface area contributed by atoms with Crippen LogP contribution in [-0.4, -0.2) is 18.0 Å². The number of nitrogens with two attached hydrogens (primary N) is 1. The predicted molar refractivity (Wildman–Crippen MR) is 74.1 cm³/mol.